The van der Waals surface area contributed by atoms with Crippen molar-refractivity contribution in [3.63, 3.8) is 0 Å². The number of halogens is 1. The summed E-state index contributed by atoms with van der Waals surface area (Å²) in [4.78, 5) is 9.45. The molecule has 0 saturated carbocycles. The van der Waals surface area contributed by atoms with E-state index in [1.807, 2.05) is 7.05 Å². The van der Waals surface area contributed by atoms with Crippen LogP contribution in [0.2, 0.25) is 0 Å². The lowest BCUT2D eigenvalue weighted by Gasteiger charge is -2.35. The number of nitrogens with zero attached hydrogens (tertiary/aromatic N) is 3. The third-order valence-electron chi connectivity index (χ3n) is 4.85. The fourth-order valence-electron chi connectivity index (χ4n) is 3.65. The minimum Gasteiger partial charge on any atom is -0.384 e. The van der Waals surface area contributed by atoms with Crippen molar-refractivity contribution < 1.29 is 4.74 Å². The summed E-state index contributed by atoms with van der Waals surface area (Å²) in [6, 6.07) is 0.665. The molecule has 2 unspecified atom stereocenters. The molecule has 6 heteroatoms. The van der Waals surface area contributed by atoms with Crippen LogP contribution in [0.4, 0.5) is 0 Å². The Morgan fingerprint density at radius 1 is 1.27 bits per heavy atom. The SMILES string of the molecule is CCN1CCCCC1CNC(=NC)N1CCC(COC)C1.I. The maximum absolute atomic E-state index is 5.28. The van der Waals surface area contributed by atoms with Crippen molar-refractivity contribution in [1.82, 2.24) is 15.1 Å². The molecule has 2 heterocycles. The number of piperidine rings is 1. The maximum Gasteiger partial charge on any atom is 0.193 e. The Morgan fingerprint density at radius 3 is 2.77 bits per heavy atom. The quantitative estimate of drug-likeness (QED) is 0.417. The average Bonchev–Trinajstić information content (AvgIpc) is 2.97. The molecule has 2 fully saturated rings. The van der Waals surface area contributed by atoms with E-state index in [-0.39, 0.29) is 24.0 Å². The Morgan fingerprint density at radius 2 is 2.09 bits per heavy atom. The highest BCUT2D eigenvalue weighted by molar-refractivity contribution is 14.0. The summed E-state index contributed by atoms with van der Waals surface area (Å²) in [5.41, 5.74) is 0. The fourth-order valence-corrected chi connectivity index (χ4v) is 3.65. The van der Waals surface area contributed by atoms with Gasteiger partial charge in [0.2, 0.25) is 0 Å². The molecule has 0 aliphatic carbocycles. The summed E-state index contributed by atoms with van der Waals surface area (Å²) in [6.45, 7) is 8.71. The fraction of sp³-hybridized carbons (Fsp3) is 0.938. The largest absolute Gasteiger partial charge is 0.384 e. The number of nitrogens with one attached hydrogen (secondary N) is 1. The van der Waals surface area contributed by atoms with Gasteiger partial charge in [-0.3, -0.25) is 9.89 Å². The van der Waals surface area contributed by atoms with Crippen molar-refractivity contribution in [3.8, 4) is 0 Å². The lowest BCUT2D eigenvalue weighted by molar-refractivity contribution is 0.154. The van der Waals surface area contributed by atoms with E-state index in [1.54, 1.807) is 7.11 Å². The molecule has 0 aromatic rings. The highest BCUT2D eigenvalue weighted by atomic mass is 127. The van der Waals surface area contributed by atoms with Crippen LogP contribution in [0.1, 0.15) is 32.6 Å². The molecule has 22 heavy (non-hydrogen) atoms. The van der Waals surface area contributed by atoms with Gasteiger partial charge in [-0.25, -0.2) is 0 Å². The van der Waals surface area contributed by atoms with Gasteiger partial charge in [-0.15, -0.1) is 24.0 Å². The van der Waals surface area contributed by atoms with Crippen molar-refractivity contribution in [2.24, 2.45) is 10.9 Å². The average molecular weight is 424 g/mol. The van der Waals surface area contributed by atoms with Crippen molar-refractivity contribution in [2.45, 2.75) is 38.6 Å². The summed E-state index contributed by atoms with van der Waals surface area (Å²) in [7, 11) is 3.68. The van der Waals surface area contributed by atoms with Gasteiger partial charge < -0.3 is 15.0 Å². The van der Waals surface area contributed by atoms with Gasteiger partial charge in [0.05, 0.1) is 6.61 Å². The van der Waals surface area contributed by atoms with Gasteiger partial charge in [-0.1, -0.05) is 13.3 Å². The third kappa shape index (κ3) is 5.53. The number of aliphatic imine (C=N–C) groups is 1. The molecule has 130 valence electrons. The van der Waals surface area contributed by atoms with E-state index in [4.69, 9.17) is 4.74 Å². The number of rotatable bonds is 5. The molecule has 2 rings (SSSR count). The second-order valence-corrected chi connectivity index (χ2v) is 6.26. The van der Waals surface area contributed by atoms with Crippen LogP contribution in [0.3, 0.4) is 0 Å². The second kappa shape index (κ2) is 10.6. The summed E-state index contributed by atoms with van der Waals surface area (Å²) in [5.74, 6) is 1.71. The lowest BCUT2D eigenvalue weighted by Crippen LogP contribution is -2.49. The van der Waals surface area contributed by atoms with E-state index in [0.29, 0.717) is 12.0 Å². The van der Waals surface area contributed by atoms with Crippen LogP contribution < -0.4 is 5.32 Å². The van der Waals surface area contributed by atoms with Gasteiger partial charge in [0.25, 0.3) is 0 Å². The predicted octanol–water partition coefficient (Wildman–Crippen LogP) is 2.02. The smallest absolute Gasteiger partial charge is 0.193 e. The molecule has 2 atom stereocenters. The van der Waals surface area contributed by atoms with Crippen LogP contribution in [0.5, 0.6) is 0 Å². The molecular formula is C16H33IN4O. The van der Waals surface area contributed by atoms with Gasteiger partial charge >= 0.3 is 0 Å². The van der Waals surface area contributed by atoms with Crippen molar-refractivity contribution in [2.75, 3.05) is 53.5 Å². The van der Waals surface area contributed by atoms with Crippen molar-refractivity contribution in [3.05, 3.63) is 0 Å². The first-order chi connectivity index (χ1) is 10.3. The molecule has 2 saturated heterocycles. The zero-order valence-corrected chi connectivity index (χ0v) is 16.7. The zero-order valence-electron chi connectivity index (χ0n) is 14.4. The van der Waals surface area contributed by atoms with Gasteiger partial charge in [0.1, 0.15) is 0 Å². The van der Waals surface area contributed by atoms with Crippen LogP contribution in [0, 0.1) is 5.92 Å². The van der Waals surface area contributed by atoms with Gasteiger partial charge in [0, 0.05) is 45.8 Å². The molecule has 0 aromatic heterocycles. The van der Waals surface area contributed by atoms with Crippen molar-refractivity contribution in [1.29, 1.82) is 0 Å². The van der Waals surface area contributed by atoms with Gasteiger partial charge in [0.15, 0.2) is 5.96 Å². The highest BCUT2D eigenvalue weighted by Gasteiger charge is 2.26. The van der Waals surface area contributed by atoms with E-state index in [2.05, 4.69) is 27.0 Å². The van der Waals surface area contributed by atoms with Crippen LogP contribution in [-0.2, 0) is 4.74 Å². The molecule has 0 spiro atoms. The third-order valence-corrected chi connectivity index (χ3v) is 4.85. The molecule has 2 aliphatic rings. The maximum atomic E-state index is 5.28. The van der Waals surface area contributed by atoms with E-state index < -0.39 is 0 Å². The normalized spacial score (nSPS) is 26.9. The number of ether oxygens (including phenoxy) is 1. The summed E-state index contributed by atoms with van der Waals surface area (Å²) >= 11 is 0. The standard InChI is InChI=1S/C16H32N4O.HI/c1-4-19-9-6-5-7-15(19)11-18-16(17-2)20-10-8-14(12-20)13-21-3;/h14-15H,4-13H2,1-3H3,(H,17,18);1H. The first kappa shape index (κ1) is 20.0. The topological polar surface area (TPSA) is 40.1 Å². The van der Waals surface area contributed by atoms with E-state index in [9.17, 15) is 0 Å². The first-order valence-corrected chi connectivity index (χ1v) is 8.47. The molecule has 2 aliphatic heterocycles. The number of guanidine groups is 1. The number of likely N-dealkylation sites (tertiary alicyclic amines) is 2. The monoisotopic (exact) mass is 424 g/mol. The van der Waals surface area contributed by atoms with Crippen LogP contribution in [0.25, 0.3) is 0 Å². The van der Waals surface area contributed by atoms with Gasteiger partial charge in [-0.05, 0) is 32.4 Å². The van der Waals surface area contributed by atoms with E-state index in [1.165, 1.54) is 32.2 Å². The highest BCUT2D eigenvalue weighted by Crippen LogP contribution is 2.18. The minimum atomic E-state index is 0. The Balaban J connectivity index is 0.00000242. The van der Waals surface area contributed by atoms with Crippen LogP contribution in [0.15, 0.2) is 4.99 Å². The number of hydrogen-bond acceptors (Lipinski definition) is 3. The predicted molar refractivity (Wildman–Crippen MR) is 103 cm³/mol. The van der Waals surface area contributed by atoms with Crippen LogP contribution >= 0.6 is 24.0 Å². The zero-order chi connectivity index (χ0) is 15.1. The first-order valence-electron chi connectivity index (χ1n) is 8.47. The molecule has 0 radical (unpaired) electrons. The summed E-state index contributed by atoms with van der Waals surface area (Å²) < 4.78 is 5.28. The molecular weight excluding hydrogens is 391 g/mol. The Hall–Kier alpha value is -0.0800. The van der Waals surface area contributed by atoms with Crippen molar-refractivity contribution >= 4 is 29.9 Å². The number of methoxy groups -OCH3 is 1. The Labute approximate surface area is 152 Å². The number of likely N-dealkylation sites (N-methyl/N-ethyl adjacent to an activating group) is 1. The molecule has 0 bridgehead atoms. The summed E-state index contributed by atoms with van der Waals surface area (Å²) in [6.07, 6.45) is 5.23. The Bertz CT molecular complexity index is 340. The summed E-state index contributed by atoms with van der Waals surface area (Å²) in [5, 5.41) is 3.60. The molecule has 0 amide bonds. The number of hydrogen-bond donors (Lipinski definition) is 1. The van der Waals surface area contributed by atoms with Gasteiger partial charge in [-0.2, -0.15) is 0 Å². The van der Waals surface area contributed by atoms with Crippen LogP contribution in [-0.4, -0.2) is 75.3 Å². The minimum absolute atomic E-state index is 0. The second-order valence-electron chi connectivity index (χ2n) is 6.26. The van der Waals surface area contributed by atoms with E-state index >= 15 is 0 Å². The van der Waals surface area contributed by atoms with E-state index in [0.717, 1.165) is 38.7 Å². The Kier molecular flexibility index (Phi) is 9.66. The molecule has 5 nitrogen and oxygen atoms in total. The molecule has 0 aromatic carbocycles. The molecule has 1 N–H and O–H groups in total. The lowest BCUT2D eigenvalue weighted by atomic mass is 10.0.